The van der Waals surface area contributed by atoms with Crippen molar-refractivity contribution in [1.82, 2.24) is 30.4 Å². The standard InChI is InChI=1S/C16H11N7O2/c24-15-13-11(12(18-19-15)9-5-2-1-3-6-9)14(10-7-4-8-25-10)23-16(17-13)20-21-22-23/h1-8,14H,(H,19,24)(H,17,20,22)/t14-/m1/s1. The van der Waals surface area contributed by atoms with Gasteiger partial charge in [0.2, 0.25) is 5.95 Å². The van der Waals surface area contributed by atoms with E-state index in [-0.39, 0.29) is 5.56 Å². The summed E-state index contributed by atoms with van der Waals surface area (Å²) in [5, 5.41) is 21.5. The maximum Gasteiger partial charge on any atom is 0.288 e. The number of hydrogen-bond acceptors (Lipinski definition) is 7. The summed E-state index contributed by atoms with van der Waals surface area (Å²) in [7, 11) is 0. The summed E-state index contributed by atoms with van der Waals surface area (Å²) in [5.41, 5.74) is 2.16. The zero-order valence-electron chi connectivity index (χ0n) is 12.7. The Morgan fingerprint density at radius 3 is 2.80 bits per heavy atom. The third kappa shape index (κ3) is 1.99. The lowest BCUT2D eigenvalue weighted by Crippen LogP contribution is -2.28. The van der Waals surface area contributed by atoms with Crippen molar-refractivity contribution in [2.75, 3.05) is 5.32 Å². The van der Waals surface area contributed by atoms with Crippen molar-refractivity contribution < 1.29 is 4.42 Å². The maximum absolute atomic E-state index is 12.4. The summed E-state index contributed by atoms with van der Waals surface area (Å²) >= 11 is 0. The van der Waals surface area contributed by atoms with Crippen LogP contribution >= 0.6 is 0 Å². The van der Waals surface area contributed by atoms with Gasteiger partial charge in [-0.3, -0.25) is 4.79 Å². The predicted octanol–water partition coefficient (Wildman–Crippen LogP) is 1.71. The number of nitrogens with zero attached hydrogens (tertiary/aromatic N) is 5. The van der Waals surface area contributed by atoms with E-state index in [1.54, 1.807) is 17.0 Å². The van der Waals surface area contributed by atoms with Crippen molar-refractivity contribution in [3.8, 4) is 11.3 Å². The normalized spacial score (nSPS) is 15.3. The van der Waals surface area contributed by atoms with Gasteiger partial charge in [0.15, 0.2) is 0 Å². The van der Waals surface area contributed by atoms with E-state index in [0.29, 0.717) is 28.7 Å². The molecule has 1 aromatic carbocycles. The molecule has 5 rings (SSSR count). The topological polar surface area (TPSA) is 115 Å². The molecular formula is C16H11N7O2. The van der Waals surface area contributed by atoms with Gasteiger partial charge in [-0.15, -0.1) is 0 Å². The molecule has 0 saturated carbocycles. The number of fused-ring (bicyclic) bond motifs is 2. The van der Waals surface area contributed by atoms with Crippen LogP contribution in [0.3, 0.4) is 0 Å². The van der Waals surface area contributed by atoms with Crippen LogP contribution in [0.5, 0.6) is 0 Å². The zero-order valence-corrected chi connectivity index (χ0v) is 12.7. The molecule has 0 fully saturated rings. The first-order valence-electron chi connectivity index (χ1n) is 7.59. The van der Waals surface area contributed by atoms with Crippen molar-refractivity contribution in [3.05, 3.63) is 70.4 Å². The monoisotopic (exact) mass is 333 g/mol. The third-order valence-electron chi connectivity index (χ3n) is 4.13. The largest absolute Gasteiger partial charge is 0.467 e. The Bertz CT molecular complexity index is 1100. The second-order valence-electron chi connectivity index (χ2n) is 5.55. The number of furan rings is 1. The molecule has 25 heavy (non-hydrogen) atoms. The smallest absolute Gasteiger partial charge is 0.288 e. The molecule has 1 aliphatic rings. The van der Waals surface area contributed by atoms with Crippen molar-refractivity contribution in [3.63, 3.8) is 0 Å². The first-order chi connectivity index (χ1) is 12.3. The summed E-state index contributed by atoms with van der Waals surface area (Å²) < 4.78 is 7.18. The summed E-state index contributed by atoms with van der Waals surface area (Å²) in [6.07, 6.45) is 1.57. The van der Waals surface area contributed by atoms with Gasteiger partial charge in [0.05, 0.1) is 12.0 Å². The molecule has 2 N–H and O–H groups in total. The van der Waals surface area contributed by atoms with Gasteiger partial charge < -0.3 is 9.73 Å². The minimum atomic E-state index is -0.499. The van der Waals surface area contributed by atoms with Crippen molar-refractivity contribution in [2.24, 2.45) is 0 Å². The molecule has 9 nitrogen and oxygen atoms in total. The lowest BCUT2D eigenvalue weighted by Gasteiger charge is -2.26. The minimum Gasteiger partial charge on any atom is -0.467 e. The van der Waals surface area contributed by atoms with E-state index >= 15 is 0 Å². The first kappa shape index (κ1) is 13.7. The van der Waals surface area contributed by atoms with Crippen LogP contribution in [0.25, 0.3) is 11.3 Å². The van der Waals surface area contributed by atoms with Gasteiger partial charge in [-0.2, -0.15) is 9.78 Å². The van der Waals surface area contributed by atoms with Crippen LogP contribution < -0.4 is 10.9 Å². The Morgan fingerprint density at radius 1 is 1.12 bits per heavy atom. The Hall–Kier alpha value is -3.75. The molecule has 0 radical (unpaired) electrons. The SMILES string of the molecule is O=c1[nH]nc(-c2ccccc2)c2c1Nc1nnnn1[C@@H]2c1ccco1. The molecule has 0 amide bonds. The van der Waals surface area contributed by atoms with Crippen LogP contribution in [-0.4, -0.2) is 30.4 Å². The molecule has 9 heteroatoms. The molecule has 122 valence electrons. The van der Waals surface area contributed by atoms with Gasteiger partial charge in [0, 0.05) is 11.1 Å². The van der Waals surface area contributed by atoms with Gasteiger partial charge in [0.25, 0.3) is 5.56 Å². The molecule has 0 unspecified atom stereocenters. The molecule has 4 aromatic rings. The van der Waals surface area contributed by atoms with E-state index in [9.17, 15) is 4.79 Å². The fourth-order valence-electron chi connectivity index (χ4n) is 3.06. The summed E-state index contributed by atoms with van der Waals surface area (Å²) in [4.78, 5) is 12.4. The van der Waals surface area contributed by atoms with E-state index in [4.69, 9.17) is 4.42 Å². The number of aromatic amines is 1. The van der Waals surface area contributed by atoms with E-state index in [1.165, 1.54) is 0 Å². The van der Waals surface area contributed by atoms with E-state index in [1.807, 2.05) is 36.4 Å². The van der Waals surface area contributed by atoms with Crippen LogP contribution in [-0.2, 0) is 0 Å². The third-order valence-corrected chi connectivity index (χ3v) is 4.13. The summed E-state index contributed by atoms with van der Waals surface area (Å²) in [5.74, 6) is 0.977. The average Bonchev–Trinajstić information content (AvgIpc) is 3.33. The number of nitrogens with one attached hydrogen (secondary N) is 2. The number of hydrogen-bond donors (Lipinski definition) is 2. The summed E-state index contributed by atoms with van der Waals surface area (Å²) in [6, 6.07) is 12.7. The molecular weight excluding hydrogens is 322 g/mol. The lowest BCUT2D eigenvalue weighted by atomic mass is 9.96. The Balaban J connectivity index is 1.85. The molecule has 3 aromatic heterocycles. The van der Waals surface area contributed by atoms with Crippen LogP contribution in [0.2, 0.25) is 0 Å². The lowest BCUT2D eigenvalue weighted by molar-refractivity contribution is 0.435. The highest BCUT2D eigenvalue weighted by Gasteiger charge is 2.35. The number of benzene rings is 1. The quantitative estimate of drug-likeness (QED) is 0.505. The average molecular weight is 333 g/mol. The van der Waals surface area contributed by atoms with Gasteiger partial charge >= 0.3 is 0 Å². The van der Waals surface area contributed by atoms with Gasteiger partial charge in [-0.1, -0.05) is 35.4 Å². The fraction of sp³-hybridized carbons (Fsp3) is 0.0625. The highest BCUT2D eigenvalue weighted by Crippen LogP contribution is 2.40. The van der Waals surface area contributed by atoms with Crippen LogP contribution in [0.15, 0.2) is 57.9 Å². The molecule has 0 spiro atoms. The molecule has 1 aliphatic heterocycles. The highest BCUT2D eigenvalue weighted by molar-refractivity contribution is 5.75. The van der Waals surface area contributed by atoms with Crippen LogP contribution in [0.1, 0.15) is 17.4 Å². The predicted molar refractivity (Wildman–Crippen MR) is 87.3 cm³/mol. The van der Waals surface area contributed by atoms with Crippen molar-refractivity contribution in [2.45, 2.75) is 6.04 Å². The second kappa shape index (κ2) is 5.13. The molecule has 4 heterocycles. The number of H-pyrrole nitrogens is 1. The fourth-order valence-corrected chi connectivity index (χ4v) is 3.06. The minimum absolute atomic E-state index is 0.347. The highest BCUT2D eigenvalue weighted by atomic mass is 16.3. The molecule has 1 atom stereocenters. The molecule has 0 bridgehead atoms. The van der Waals surface area contributed by atoms with Crippen LogP contribution in [0, 0.1) is 0 Å². The molecule has 0 saturated heterocycles. The van der Waals surface area contributed by atoms with E-state index in [2.05, 4.69) is 31.0 Å². The van der Waals surface area contributed by atoms with E-state index < -0.39 is 6.04 Å². The van der Waals surface area contributed by atoms with Crippen molar-refractivity contribution in [1.29, 1.82) is 0 Å². The van der Waals surface area contributed by atoms with Gasteiger partial charge in [-0.05, 0) is 22.6 Å². The summed E-state index contributed by atoms with van der Waals surface area (Å²) in [6.45, 7) is 0. The van der Waals surface area contributed by atoms with E-state index in [0.717, 1.165) is 5.56 Å². The number of aromatic nitrogens is 6. The van der Waals surface area contributed by atoms with Crippen LogP contribution in [0.4, 0.5) is 11.6 Å². The first-order valence-corrected chi connectivity index (χ1v) is 7.59. The number of rotatable bonds is 2. The second-order valence-corrected chi connectivity index (χ2v) is 5.55. The Kier molecular flexibility index (Phi) is 2.80. The Labute approximate surface area is 140 Å². The Morgan fingerprint density at radius 2 is 2.00 bits per heavy atom. The number of anilines is 2. The zero-order chi connectivity index (χ0) is 16.8. The van der Waals surface area contributed by atoms with Crippen molar-refractivity contribution >= 4 is 11.6 Å². The maximum atomic E-state index is 12.4. The van der Waals surface area contributed by atoms with Gasteiger partial charge in [-0.25, -0.2) is 5.10 Å². The number of tetrazole rings is 1. The van der Waals surface area contributed by atoms with Gasteiger partial charge in [0.1, 0.15) is 17.5 Å². The molecule has 0 aliphatic carbocycles.